The SMILES string of the molecule is CCCN(CC)CCNC(C)c1cc(Br)cs1. The highest BCUT2D eigenvalue weighted by atomic mass is 79.9. The van der Waals surface area contributed by atoms with Crippen LogP contribution in [0.3, 0.4) is 0 Å². The second-order valence-electron chi connectivity index (χ2n) is 4.28. The Kier molecular flexibility index (Phi) is 7.35. The number of nitrogens with one attached hydrogen (secondary N) is 1. The third-order valence-electron chi connectivity index (χ3n) is 2.88. The molecule has 0 aromatic carbocycles. The highest BCUT2D eigenvalue weighted by molar-refractivity contribution is 9.10. The first-order valence-corrected chi connectivity index (χ1v) is 8.04. The van der Waals surface area contributed by atoms with Gasteiger partial charge in [0.15, 0.2) is 0 Å². The van der Waals surface area contributed by atoms with Gasteiger partial charge in [-0.3, -0.25) is 0 Å². The summed E-state index contributed by atoms with van der Waals surface area (Å²) >= 11 is 5.31. The van der Waals surface area contributed by atoms with Crippen LogP contribution in [-0.4, -0.2) is 31.1 Å². The Balaban J connectivity index is 2.26. The molecule has 4 heteroatoms. The summed E-state index contributed by atoms with van der Waals surface area (Å²) < 4.78 is 1.19. The first kappa shape index (κ1) is 15.2. The molecule has 1 rings (SSSR count). The van der Waals surface area contributed by atoms with Gasteiger partial charge in [0.1, 0.15) is 0 Å². The summed E-state index contributed by atoms with van der Waals surface area (Å²) in [4.78, 5) is 3.89. The van der Waals surface area contributed by atoms with Crippen molar-refractivity contribution < 1.29 is 0 Å². The summed E-state index contributed by atoms with van der Waals surface area (Å²) in [6.07, 6.45) is 1.24. The van der Waals surface area contributed by atoms with Gasteiger partial charge >= 0.3 is 0 Å². The lowest BCUT2D eigenvalue weighted by Gasteiger charge is -2.21. The molecule has 0 radical (unpaired) electrons. The third-order valence-corrected chi connectivity index (χ3v) is 4.76. The molecule has 0 fully saturated rings. The minimum absolute atomic E-state index is 0.451. The summed E-state index contributed by atoms with van der Waals surface area (Å²) in [6.45, 7) is 11.3. The van der Waals surface area contributed by atoms with Crippen LogP contribution in [0.1, 0.15) is 38.1 Å². The maximum Gasteiger partial charge on any atom is 0.0386 e. The number of hydrogen-bond acceptors (Lipinski definition) is 3. The third kappa shape index (κ3) is 5.51. The number of hydrogen-bond donors (Lipinski definition) is 1. The van der Waals surface area contributed by atoms with Gasteiger partial charge in [-0.1, -0.05) is 13.8 Å². The maximum absolute atomic E-state index is 3.58. The Hall–Kier alpha value is 0.1000. The monoisotopic (exact) mass is 318 g/mol. The molecule has 0 saturated carbocycles. The lowest BCUT2D eigenvalue weighted by molar-refractivity contribution is 0.284. The summed E-state index contributed by atoms with van der Waals surface area (Å²) in [6, 6.07) is 2.65. The highest BCUT2D eigenvalue weighted by Crippen LogP contribution is 2.25. The van der Waals surface area contributed by atoms with Crippen LogP contribution in [0.4, 0.5) is 0 Å². The Labute approximate surface area is 118 Å². The van der Waals surface area contributed by atoms with Gasteiger partial charge in [-0.25, -0.2) is 0 Å². The van der Waals surface area contributed by atoms with Gasteiger partial charge in [0, 0.05) is 33.9 Å². The van der Waals surface area contributed by atoms with Crippen LogP contribution in [0.5, 0.6) is 0 Å². The molecular formula is C13H23BrN2S. The van der Waals surface area contributed by atoms with Gasteiger partial charge in [0.2, 0.25) is 0 Å². The maximum atomic E-state index is 3.58. The molecule has 0 saturated heterocycles. The highest BCUT2D eigenvalue weighted by Gasteiger charge is 2.07. The molecule has 1 atom stereocenters. The van der Waals surface area contributed by atoms with E-state index >= 15 is 0 Å². The van der Waals surface area contributed by atoms with Crippen molar-refractivity contribution >= 4 is 27.3 Å². The van der Waals surface area contributed by atoms with Crippen molar-refractivity contribution in [1.29, 1.82) is 0 Å². The molecular weight excluding hydrogens is 296 g/mol. The van der Waals surface area contributed by atoms with Gasteiger partial charge in [0.05, 0.1) is 0 Å². The summed E-state index contributed by atoms with van der Waals surface area (Å²) in [5, 5.41) is 5.73. The van der Waals surface area contributed by atoms with E-state index in [1.807, 2.05) is 11.3 Å². The predicted molar refractivity (Wildman–Crippen MR) is 80.8 cm³/mol. The zero-order chi connectivity index (χ0) is 12.7. The molecule has 1 N–H and O–H groups in total. The van der Waals surface area contributed by atoms with E-state index < -0.39 is 0 Å². The standard InChI is InChI=1S/C13H23BrN2S/c1-4-7-16(5-2)8-6-15-11(3)13-9-12(14)10-17-13/h9-11,15H,4-8H2,1-3H3. The van der Waals surface area contributed by atoms with E-state index in [0.29, 0.717) is 6.04 Å². The van der Waals surface area contributed by atoms with Crippen molar-refractivity contribution in [2.75, 3.05) is 26.2 Å². The second-order valence-corrected chi connectivity index (χ2v) is 6.14. The van der Waals surface area contributed by atoms with Crippen molar-refractivity contribution in [3.63, 3.8) is 0 Å². The molecule has 1 aromatic heterocycles. The number of thiophene rings is 1. The van der Waals surface area contributed by atoms with E-state index in [9.17, 15) is 0 Å². The topological polar surface area (TPSA) is 15.3 Å². The van der Waals surface area contributed by atoms with Gasteiger partial charge < -0.3 is 10.2 Å². The minimum atomic E-state index is 0.451. The van der Waals surface area contributed by atoms with E-state index in [0.717, 1.165) is 19.6 Å². The van der Waals surface area contributed by atoms with E-state index in [4.69, 9.17) is 0 Å². The molecule has 17 heavy (non-hydrogen) atoms. The second kappa shape index (κ2) is 8.25. The fraction of sp³-hybridized carbons (Fsp3) is 0.692. The summed E-state index contributed by atoms with van der Waals surface area (Å²) in [5.74, 6) is 0. The number of halogens is 1. The van der Waals surface area contributed by atoms with Crippen LogP contribution in [0.15, 0.2) is 15.9 Å². The molecule has 1 unspecified atom stereocenters. The summed E-state index contributed by atoms with van der Waals surface area (Å²) in [7, 11) is 0. The van der Waals surface area contributed by atoms with E-state index in [1.54, 1.807) is 0 Å². The first-order valence-electron chi connectivity index (χ1n) is 6.37. The van der Waals surface area contributed by atoms with Crippen molar-refractivity contribution in [1.82, 2.24) is 10.2 Å². The van der Waals surface area contributed by atoms with Crippen molar-refractivity contribution in [2.24, 2.45) is 0 Å². The Bertz CT molecular complexity index is 314. The molecule has 2 nitrogen and oxygen atoms in total. The minimum Gasteiger partial charge on any atom is -0.308 e. The number of rotatable bonds is 8. The van der Waals surface area contributed by atoms with Crippen LogP contribution in [-0.2, 0) is 0 Å². The first-order chi connectivity index (χ1) is 8.17. The van der Waals surface area contributed by atoms with E-state index in [2.05, 4.69) is 58.4 Å². The van der Waals surface area contributed by atoms with Crippen molar-refractivity contribution in [3.8, 4) is 0 Å². The normalized spacial score (nSPS) is 13.2. The average Bonchev–Trinajstić information content (AvgIpc) is 2.74. The Morgan fingerprint density at radius 3 is 2.71 bits per heavy atom. The van der Waals surface area contributed by atoms with Gasteiger partial charge in [-0.05, 0) is 48.4 Å². The predicted octanol–water partition coefficient (Wildman–Crippen LogP) is 3.89. The smallest absolute Gasteiger partial charge is 0.0386 e. The molecule has 0 amide bonds. The van der Waals surface area contributed by atoms with Crippen molar-refractivity contribution in [2.45, 2.75) is 33.2 Å². The molecule has 0 bridgehead atoms. The van der Waals surface area contributed by atoms with Crippen molar-refractivity contribution in [3.05, 3.63) is 20.8 Å². The van der Waals surface area contributed by atoms with Gasteiger partial charge in [-0.2, -0.15) is 0 Å². The lowest BCUT2D eigenvalue weighted by Crippen LogP contribution is -2.33. The number of likely N-dealkylation sites (N-methyl/N-ethyl adjacent to an activating group) is 1. The zero-order valence-corrected chi connectivity index (χ0v) is 13.4. The van der Waals surface area contributed by atoms with E-state index in [-0.39, 0.29) is 0 Å². The molecule has 0 aliphatic rings. The molecule has 1 aromatic rings. The Morgan fingerprint density at radius 2 is 2.18 bits per heavy atom. The van der Waals surface area contributed by atoms with Gasteiger partial charge in [-0.15, -0.1) is 11.3 Å². The Morgan fingerprint density at radius 1 is 1.41 bits per heavy atom. The number of nitrogens with zero attached hydrogens (tertiary/aromatic N) is 1. The van der Waals surface area contributed by atoms with Crippen LogP contribution in [0, 0.1) is 0 Å². The van der Waals surface area contributed by atoms with Crippen LogP contribution in [0.25, 0.3) is 0 Å². The lowest BCUT2D eigenvalue weighted by atomic mass is 10.3. The van der Waals surface area contributed by atoms with Crippen LogP contribution < -0.4 is 5.32 Å². The van der Waals surface area contributed by atoms with Crippen LogP contribution in [0.2, 0.25) is 0 Å². The molecule has 1 heterocycles. The fourth-order valence-corrected chi connectivity index (χ4v) is 3.32. The average molecular weight is 319 g/mol. The van der Waals surface area contributed by atoms with E-state index in [1.165, 1.54) is 22.3 Å². The molecule has 0 aliphatic carbocycles. The van der Waals surface area contributed by atoms with Crippen LogP contribution >= 0.6 is 27.3 Å². The fourth-order valence-electron chi connectivity index (χ4n) is 1.84. The largest absolute Gasteiger partial charge is 0.308 e. The molecule has 0 spiro atoms. The van der Waals surface area contributed by atoms with Gasteiger partial charge in [0.25, 0.3) is 0 Å². The molecule has 98 valence electrons. The molecule has 0 aliphatic heterocycles. The summed E-state index contributed by atoms with van der Waals surface area (Å²) in [5.41, 5.74) is 0. The zero-order valence-electron chi connectivity index (χ0n) is 11.0. The quantitative estimate of drug-likeness (QED) is 0.782.